The van der Waals surface area contributed by atoms with Crippen LogP contribution in [0.3, 0.4) is 0 Å². The van der Waals surface area contributed by atoms with Gasteiger partial charge in [0, 0.05) is 23.6 Å². The van der Waals surface area contributed by atoms with Crippen molar-refractivity contribution in [2.75, 3.05) is 18.6 Å². The Balaban J connectivity index is 1.36. The molecule has 4 amide bonds. The molecular weight excluding hydrogens is 561 g/mol. The smallest absolute Gasteiger partial charge is 0.466 e. The Morgan fingerprint density at radius 2 is 1.76 bits per heavy atom. The number of hydrogen-bond donors (Lipinski definition) is 2. The quantitative estimate of drug-likeness (QED) is 0.376. The SMILES string of the molecule is COC(=O)COC(=O)N(C1CC1)C1c2ccccc2N(C(=O)NNC(=O)c2cccc(OC(F)(F)F)c2)C2CCCC21. The number of fused-ring (bicyclic) bond motifs is 2. The predicted octanol–water partition coefficient (Wildman–Crippen LogP) is 4.44. The van der Waals surface area contributed by atoms with E-state index >= 15 is 0 Å². The number of ether oxygens (including phenoxy) is 3. The number of nitrogens with zero attached hydrogens (tertiary/aromatic N) is 2. The zero-order valence-electron chi connectivity index (χ0n) is 22.6. The standard InChI is InChI=1S/C28H29F3N4O7/c1-40-23(36)15-41-27(39)34(17-12-13-17)24-19-8-2-3-10-21(19)35(22-11-5-9-20(22)24)26(38)33-32-25(37)16-6-4-7-18(14-16)42-28(29,30)31/h2-4,6-8,10,14,17,20,22,24H,5,9,11-13,15H2,1H3,(H,32,37)(H,33,38). The molecule has 0 radical (unpaired) electrons. The van der Waals surface area contributed by atoms with E-state index in [1.807, 2.05) is 6.07 Å². The van der Waals surface area contributed by atoms with E-state index in [0.717, 1.165) is 43.4 Å². The lowest BCUT2D eigenvalue weighted by atomic mass is 9.82. The first kappa shape index (κ1) is 29.0. The van der Waals surface area contributed by atoms with E-state index in [0.29, 0.717) is 12.1 Å². The number of benzene rings is 2. The van der Waals surface area contributed by atoms with Crippen LogP contribution in [-0.2, 0) is 14.3 Å². The molecule has 2 saturated carbocycles. The summed E-state index contributed by atoms with van der Waals surface area (Å²) in [6.45, 7) is -0.513. The van der Waals surface area contributed by atoms with Gasteiger partial charge in [0.1, 0.15) is 5.75 Å². The van der Waals surface area contributed by atoms with Gasteiger partial charge in [-0.05, 0) is 55.5 Å². The number of carbonyl (C=O) groups excluding carboxylic acids is 4. The van der Waals surface area contributed by atoms with Crippen molar-refractivity contribution in [3.05, 3.63) is 59.7 Å². The van der Waals surface area contributed by atoms with Crippen LogP contribution in [0.4, 0.5) is 28.4 Å². The third kappa shape index (κ3) is 6.21. The Labute approximate surface area is 238 Å². The molecule has 42 heavy (non-hydrogen) atoms. The third-order valence-electron chi connectivity index (χ3n) is 7.61. The maximum absolute atomic E-state index is 13.5. The average Bonchev–Trinajstić information content (AvgIpc) is 3.68. The van der Waals surface area contributed by atoms with Crippen LogP contribution in [0.5, 0.6) is 5.75 Å². The minimum absolute atomic E-state index is 0.0637. The fraction of sp³-hybridized carbons (Fsp3) is 0.429. The van der Waals surface area contributed by atoms with Gasteiger partial charge in [0.2, 0.25) is 0 Å². The number of methoxy groups -OCH3 is 1. The second-order valence-corrected chi connectivity index (χ2v) is 10.3. The van der Waals surface area contributed by atoms with Crippen LogP contribution in [0, 0.1) is 5.92 Å². The number of alkyl halides is 3. The van der Waals surface area contributed by atoms with E-state index in [1.54, 1.807) is 28.0 Å². The van der Waals surface area contributed by atoms with Crippen LogP contribution >= 0.6 is 0 Å². The number of hydrogen-bond acceptors (Lipinski definition) is 7. The van der Waals surface area contributed by atoms with Gasteiger partial charge in [-0.3, -0.25) is 20.0 Å². The molecule has 2 aromatic rings. The maximum Gasteiger partial charge on any atom is 0.573 e. The van der Waals surface area contributed by atoms with Crippen LogP contribution in [0.1, 0.15) is 54.1 Å². The van der Waals surface area contributed by atoms with Crippen molar-refractivity contribution >= 4 is 29.7 Å². The fourth-order valence-corrected chi connectivity index (χ4v) is 5.81. The van der Waals surface area contributed by atoms with E-state index in [1.165, 1.54) is 19.2 Å². The zero-order valence-corrected chi connectivity index (χ0v) is 22.6. The van der Waals surface area contributed by atoms with Crippen molar-refractivity contribution in [2.45, 2.75) is 56.6 Å². The van der Waals surface area contributed by atoms with Crippen molar-refractivity contribution in [1.82, 2.24) is 15.8 Å². The summed E-state index contributed by atoms with van der Waals surface area (Å²) >= 11 is 0. The summed E-state index contributed by atoms with van der Waals surface area (Å²) < 4.78 is 51.5. The van der Waals surface area contributed by atoms with Crippen LogP contribution in [0.2, 0.25) is 0 Å². The summed E-state index contributed by atoms with van der Waals surface area (Å²) in [4.78, 5) is 54.3. The normalized spacial score (nSPS) is 21.0. The molecule has 3 atom stereocenters. The van der Waals surface area contributed by atoms with Crippen LogP contribution in [0.15, 0.2) is 48.5 Å². The number of amides is 4. The van der Waals surface area contributed by atoms with Gasteiger partial charge in [-0.25, -0.2) is 19.8 Å². The number of esters is 1. The highest BCUT2D eigenvalue weighted by molar-refractivity contribution is 5.99. The van der Waals surface area contributed by atoms with Gasteiger partial charge >= 0.3 is 24.5 Å². The average molecular weight is 591 g/mol. The molecule has 2 N–H and O–H groups in total. The van der Waals surface area contributed by atoms with Crippen LogP contribution < -0.4 is 20.5 Å². The minimum atomic E-state index is -4.92. The molecule has 5 rings (SSSR count). The largest absolute Gasteiger partial charge is 0.573 e. The number of halogens is 3. The van der Waals surface area contributed by atoms with Crippen molar-refractivity contribution < 1.29 is 46.6 Å². The van der Waals surface area contributed by atoms with Gasteiger partial charge in [0.25, 0.3) is 5.91 Å². The second kappa shape index (κ2) is 11.8. The molecule has 0 saturated heterocycles. The fourth-order valence-electron chi connectivity index (χ4n) is 5.81. The summed E-state index contributed by atoms with van der Waals surface area (Å²) in [6.07, 6.45) is -1.83. The predicted molar refractivity (Wildman–Crippen MR) is 140 cm³/mol. The monoisotopic (exact) mass is 590 g/mol. The van der Waals surface area contributed by atoms with Crippen molar-refractivity contribution in [2.24, 2.45) is 5.92 Å². The van der Waals surface area contributed by atoms with E-state index in [4.69, 9.17) is 4.74 Å². The minimum Gasteiger partial charge on any atom is -0.466 e. The lowest BCUT2D eigenvalue weighted by molar-refractivity contribution is -0.274. The first-order chi connectivity index (χ1) is 20.1. The van der Waals surface area contributed by atoms with Gasteiger partial charge in [-0.2, -0.15) is 0 Å². The molecule has 224 valence electrons. The Kier molecular flexibility index (Phi) is 8.14. The molecular formula is C28H29F3N4O7. The number of nitrogens with one attached hydrogen (secondary N) is 2. The second-order valence-electron chi connectivity index (χ2n) is 10.3. The number of para-hydroxylation sites is 1. The molecule has 3 aliphatic rings. The molecule has 0 bridgehead atoms. The summed E-state index contributed by atoms with van der Waals surface area (Å²) in [5.41, 5.74) is 5.76. The molecule has 1 heterocycles. The van der Waals surface area contributed by atoms with Crippen molar-refractivity contribution in [1.29, 1.82) is 0 Å². The number of hydrazine groups is 1. The zero-order chi connectivity index (χ0) is 30.0. The van der Waals surface area contributed by atoms with Gasteiger partial charge in [0.15, 0.2) is 6.61 Å². The van der Waals surface area contributed by atoms with Crippen LogP contribution in [0.25, 0.3) is 0 Å². The highest BCUT2D eigenvalue weighted by Gasteiger charge is 2.52. The van der Waals surface area contributed by atoms with E-state index in [2.05, 4.69) is 20.3 Å². The van der Waals surface area contributed by atoms with Gasteiger partial charge in [-0.1, -0.05) is 30.7 Å². The Hall–Kier alpha value is -4.49. The molecule has 2 aromatic carbocycles. The van der Waals surface area contributed by atoms with Crippen LogP contribution in [-0.4, -0.2) is 61.1 Å². The molecule has 1 aliphatic heterocycles. The Bertz CT molecular complexity index is 1370. The topological polar surface area (TPSA) is 127 Å². The molecule has 14 heteroatoms. The van der Waals surface area contributed by atoms with Gasteiger partial charge in [0.05, 0.1) is 18.8 Å². The van der Waals surface area contributed by atoms with Crippen molar-refractivity contribution in [3.8, 4) is 5.75 Å². The molecule has 2 fully saturated rings. The maximum atomic E-state index is 13.5. The number of carbonyl (C=O) groups is 4. The lowest BCUT2D eigenvalue weighted by Gasteiger charge is -2.47. The van der Waals surface area contributed by atoms with E-state index in [-0.39, 0.29) is 23.6 Å². The molecule has 3 unspecified atom stereocenters. The highest BCUT2D eigenvalue weighted by Crippen LogP contribution is 2.52. The summed E-state index contributed by atoms with van der Waals surface area (Å²) in [5, 5.41) is 0. The molecule has 0 aromatic heterocycles. The van der Waals surface area contributed by atoms with E-state index < -0.39 is 48.8 Å². The lowest BCUT2D eigenvalue weighted by Crippen LogP contribution is -2.57. The molecule has 0 spiro atoms. The third-order valence-corrected chi connectivity index (χ3v) is 7.61. The Morgan fingerprint density at radius 3 is 2.48 bits per heavy atom. The van der Waals surface area contributed by atoms with Gasteiger partial charge in [-0.15, -0.1) is 13.2 Å². The summed E-state index contributed by atoms with van der Waals surface area (Å²) in [7, 11) is 1.21. The molecule has 11 nitrogen and oxygen atoms in total. The summed E-state index contributed by atoms with van der Waals surface area (Å²) in [5.74, 6) is -2.23. The number of anilines is 1. The first-order valence-electron chi connectivity index (χ1n) is 13.4. The Morgan fingerprint density at radius 1 is 1.00 bits per heavy atom. The highest BCUT2D eigenvalue weighted by atomic mass is 19.4. The number of urea groups is 1. The molecule has 2 aliphatic carbocycles. The van der Waals surface area contributed by atoms with Crippen molar-refractivity contribution in [3.63, 3.8) is 0 Å². The van der Waals surface area contributed by atoms with E-state index in [9.17, 15) is 32.3 Å². The number of rotatable bonds is 6. The summed E-state index contributed by atoms with van der Waals surface area (Å²) in [6, 6.07) is 10.2. The first-order valence-corrected chi connectivity index (χ1v) is 13.4. The van der Waals surface area contributed by atoms with Gasteiger partial charge < -0.3 is 14.2 Å².